The molecule has 0 unspecified atom stereocenters. The fraction of sp³-hybridized carbons (Fsp3) is 0.200. The van der Waals surface area contributed by atoms with Crippen molar-refractivity contribution in [1.82, 2.24) is 5.32 Å². The summed E-state index contributed by atoms with van der Waals surface area (Å²) in [5.74, 6) is 0.901. The molecule has 0 spiro atoms. The molecule has 2 aromatic carbocycles. The average Bonchev–Trinajstić information content (AvgIpc) is 2.40. The fourth-order valence-corrected chi connectivity index (χ4v) is 1.92. The summed E-state index contributed by atoms with van der Waals surface area (Å²) < 4.78 is 6.82. The zero-order chi connectivity index (χ0) is 12.8. The fourth-order valence-electron chi connectivity index (χ4n) is 1.65. The molecular weight excluding hydrogens is 290 g/mol. The van der Waals surface area contributed by atoms with Crippen molar-refractivity contribution in [2.75, 3.05) is 7.05 Å². The molecule has 0 saturated heterocycles. The lowest BCUT2D eigenvalue weighted by Gasteiger charge is -2.07. The van der Waals surface area contributed by atoms with E-state index in [9.17, 15) is 0 Å². The summed E-state index contributed by atoms with van der Waals surface area (Å²) in [5.41, 5.74) is 2.42. The second-order valence-electron chi connectivity index (χ2n) is 4.09. The van der Waals surface area contributed by atoms with E-state index in [4.69, 9.17) is 4.74 Å². The van der Waals surface area contributed by atoms with Gasteiger partial charge in [-0.05, 0) is 42.4 Å². The number of rotatable bonds is 5. The van der Waals surface area contributed by atoms with Crippen molar-refractivity contribution in [3.8, 4) is 5.75 Å². The van der Waals surface area contributed by atoms with Crippen molar-refractivity contribution in [3.63, 3.8) is 0 Å². The van der Waals surface area contributed by atoms with Crippen LogP contribution in [0.2, 0.25) is 0 Å². The third-order valence-corrected chi connectivity index (χ3v) is 3.15. The second-order valence-corrected chi connectivity index (χ2v) is 5.01. The van der Waals surface area contributed by atoms with Crippen molar-refractivity contribution >= 4 is 15.9 Å². The highest BCUT2D eigenvalue weighted by molar-refractivity contribution is 9.10. The molecule has 0 amide bonds. The molecule has 2 aromatic rings. The molecule has 0 aliphatic heterocycles. The molecule has 0 radical (unpaired) electrons. The number of nitrogens with one attached hydrogen (secondary N) is 1. The maximum Gasteiger partial charge on any atom is 0.119 e. The lowest BCUT2D eigenvalue weighted by Crippen LogP contribution is -2.04. The van der Waals surface area contributed by atoms with Gasteiger partial charge < -0.3 is 10.1 Å². The molecule has 94 valence electrons. The van der Waals surface area contributed by atoms with Gasteiger partial charge in [-0.3, -0.25) is 0 Å². The van der Waals surface area contributed by atoms with Gasteiger partial charge in [-0.1, -0.05) is 40.2 Å². The summed E-state index contributed by atoms with van der Waals surface area (Å²) in [5, 5.41) is 3.12. The van der Waals surface area contributed by atoms with Crippen molar-refractivity contribution in [3.05, 3.63) is 64.1 Å². The molecule has 0 aromatic heterocycles. The smallest absolute Gasteiger partial charge is 0.119 e. The van der Waals surface area contributed by atoms with Gasteiger partial charge in [0.25, 0.3) is 0 Å². The SMILES string of the molecule is CNCc1ccc(OCc2ccc(Br)cc2)cc1. The minimum atomic E-state index is 0.596. The van der Waals surface area contributed by atoms with Crippen molar-refractivity contribution < 1.29 is 4.74 Å². The predicted molar refractivity (Wildman–Crippen MR) is 77.7 cm³/mol. The summed E-state index contributed by atoms with van der Waals surface area (Å²) in [6.45, 7) is 1.48. The number of ether oxygens (including phenoxy) is 1. The molecule has 0 bridgehead atoms. The molecule has 1 N–H and O–H groups in total. The van der Waals surface area contributed by atoms with Crippen LogP contribution in [-0.4, -0.2) is 7.05 Å². The molecule has 0 aliphatic rings. The Morgan fingerprint density at radius 3 is 2.17 bits per heavy atom. The van der Waals surface area contributed by atoms with Crippen LogP contribution >= 0.6 is 15.9 Å². The molecule has 18 heavy (non-hydrogen) atoms. The Morgan fingerprint density at radius 2 is 1.56 bits per heavy atom. The van der Waals surface area contributed by atoms with Crippen LogP contribution < -0.4 is 10.1 Å². The molecule has 0 saturated carbocycles. The maximum absolute atomic E-state index is 5.73. The van der Waals surface area contributed by atoms with E-state index in [0.29, 0.717) is 6.61 Å². The minimum absolute atomic E-state index is 0.596. The third-order valence-electron chi connectivity index (χ3n) is 2.62. The molecule has 0 heterocycles. The van der Waals surface area contributed by atoms with Crippen molar-refractivity contribution in [1.29, 1.82) is 0 Å². The summed E-state index contributed by atoms with van der Waals surface area (Å²) in [6, 6.07) is 16.3. The van der Waals surface area contributed by atoms with E-state index < -0.39 is 0 Å². The van der Waals surface area contributed by atoms with Gasteiger partial charge in [0, 0.05) is 11.0 Å². The summed E-state index contributed by atoms with van der Waals surface area (Å²) in [6.07, 6.45) is 0. The van der Waals surface area contributed by atoms with Crippen molar-refractivity contribution in [2.24, 2.45) is 0 Å². The quantitative estimate of drug-likeness (QED) is 0.908. The summed E-state index contributed by atoms with van der Waals surface area (Å²) >= 11 is 3.42. The first-order valence-electron chi connectivity index (χ1n) is 5.89. The Hall–Kier alpha value is -1.32. The van der Waals surface area contributed by atoms with E-state index in [0.717, 1.165) is 22.3 Å². The second kappa shape index (κ2) is 6.57. The number of hydrogen-bond acceptors (Lipinski definition) is 2. The van der Waals surface area contributed by atoms with Crippen LogP contribution in [0.25, 0.3) is 0 Å². The van der Waals surface area contributed by atoms with Gasteiger partial charge in [0.1, 0.15) is 12.4 Å². The Balaban J connectivity index is 1.91. The zero-order valence-corrected chi connectivity index (χ0v) is 11.9. The molecule has 3 heteroatoms. The maximum atomic E-state index is 5.73. The van der Waals surface area contributed by atoms with Crippen LogP contribution in [0.3, 0.4) is 0 Å². The van der Waals surface area contributed by atoms with Gasteiger partial charge in [-0.25, -0.2) is 0 Å². The van der Waals surface area contributed by atoms with E-state index in [1.165, 1.54) is 5.56 Å². The van der Waals surface area contributed by atoms with E-state index in [1.54, 1.807) is 0 Å². The largest absolute Gasteiger partial charge is 0.489 e. The number of halogens is 1. The van der Waals surface area contributed by atoms with E-state index in [1.807, 2.05) is 31.3 Å². The van der Waals surface area contributed by atoms with Gasteiger partial charge >= 0.3 is 0 Å². The van der Waals surface area contributed by atoms with Crippen LogP contribution in [-0.2, 0) is 13.2 Å². The molecule has 0 aliphatic carbocycles. The third kappa shape index (κ3) is 3.86. The van der Waals surface area contributed by atoms with Crippen LogP contribution in [0.5, 0.6) is 5.75 Å². The minimum Gasteiger partial charge on any atom is -0.489 e. The Kier molecular flexibility index (Phi) is 4.79. The Bertz CT molecular complexity index is 479. The predicted octanol–water partition coefficient (Wildman–Crippen LogP) is 3.75. The van der Waals surface area contributed by atoms with Gasteiger partial charge in [-0.2, -0.15) is 0 Å². The van der Waals surface area contributed by atoms with Crippen molar-refractivity contribution in [2.45, 2.75) is 13.2 Å². The lowest BCUT2D eigenvalue weighted by atomic mass is 10.2. The number of hydrogen-bond donors (Lipinski definition) is 1. The first-order chi connectivity index (χ1) is 8.78. The summed E-state index contributed by atoms with van der Waals surface area (Å²) in [7, 11) is 1.94. The topological polar surface area (TPSA) is 21.3 Å². The average molecular weight is 306 g/mol. The zero-order valence-electron chi connectivity index (χ0n) is 10.3. The lowest BCUT2D eigenvalue weighted by molar-refractivity contribution is 0.306. The molecule has 2 nitrogen and oxygen atoms in total. The molecule has 0 atom stereocenters. The highest BCUT2D eigenvalue weighted by Gasteiger charge is 1.97. The van der Waals surface area contributed by atoms with Gasteiger partial charge in [-0.15, -0.1) is 0 Å². The molecule has 2 rings (SSSR count). The summed E-state index contributed by atoms with van der Waals surface area (Å²) in [4.78, 5) is 0. The van der Waals surface area contributed by atoms with Gasteiger partial charge in [0.05, 0.1) is 0 Å². The Labute approximate surface area is 116 Å². The molecular formula is C15H16BrNO. The standard InChI is InChI=1S/C15H16BrNO/c1-17-10-12-4-8-15(9-5-12)18-11-13-2-6-14(16)7-3-13/h2-9,17H,10-11H2,1H3. The normalized spacial score (nSPS) is 10.3. The monoisotopic (exact) mass is 305 g/mol. The van der Waals surface area contributed by atoms with E-state index in [2.05, 4.69) is 45.5 Å². The number of benzene rings is 2. The molecule has 0 fully saturated rings. The first-order valence-corrected chi connectivity index (χ1v) is 6.68. The van der Waals surface area contributed by atoms with Crippen LogP contribution in [0, 0.1) is 0 Å². The van der Waals surface area contributed by atoms with Crippen LogP contribution in [0.15, 0.2) is 53.0 Å². The van der Waals surface area contributed by atoms with E-state index in [-0.39, 0.29) is 0 Å². The van der Waals surface area contributed by atoms with E-state index >= 15 is 0 Å². The van der Waals surface area contributed by atoms with Crippen LogP contribution in [0.1, 0.15) is 11.1 Å². The van der Waals surface area contributed by atoms with Crippen LogP contribution in [0.4, 0.5) is 0 Å². The highest BCUT2D eigenvalue weighted by atomic mass is 79.9. The first kappa shape index (κ1) is 13.1. The highest BCUT2D eigenvalue weighted by Crippen LogP contribution is 2.15. The van der Waals surface area contributed by atoms with Gasteiger partial charge in [0.15, 0.2) is 0 Å². The van der Waals surface area contributed by atoms with Gasteiger partial charge in [0.2, 0.25) is 0 Å². The Morgan fingerprint density at radius 1 is 0.944 bits per heavy atom.